The lowest BCUT2D eigenvalue weighted by Crippen LogP contribution is -2.32. The van der Waals surface area contributed by atoms with E-state index in [9.17, 15) is 0 Å². The van der Waals surface area contributed by atoms with Gasteiger partial charge in [0.1, 0.15) is 0 Å². The molecule has 1 N–H and O–H groups in total. The summed E-state index contributed by atoms with van der Waals surface area (Å²) >= 11 is 6.41. The van der Waals surface area contributed by atoms with Gasteiger partial charge in [-0.3, -0.25) is 4.68 Å². The molecule has 0 bridgehead atoms. The van der Waals surface area contributed by atoms with E-state index >= 15 is 0 Å². The zero-order chi connectivity index (χ0) is 14.8. The average molecular weight is 298 g/mol. The molecule has 0 spiro atoms. The largest absolute Gasteiger partial charge is 0.311 e. The van der Waals surface area contributed by atoms with Crippen LogP contribution in [-0.4, -0.2) is 16.8 Å². The molecular formula is C16H28ClN3. The summed E-state index contributed by atoms with van der Waals surface area (Å²) in [7, 11) is 2.05. The number of nitrogens with zero attached hydrogens (tertiary/aromatic N) is 2. The van der Waals surface area contributed by atoms with Crippen LogP contribution >= 0.6 is 11.6 Å². The molecule has 1 saturated carbocycles. The van der Waals surface area contributed by atoms with Crippen LogP contribution in [0.15, 0.2) is 6.20 Å². The van der Waals surface area contributed by atoms with Crippen molar-refractivity contribution in [1.29, 1.82) is 0 Å². The Morgan fingerprint density at radius 3 is 2.65 bits per heavy atom. The van der Waals surface area contributed by atoms with Gasteiger partial charge in [-0.2, -0.15) is 5.10 Å². The molecule has 1 atom stereocenters. The molecule has 0 aliphatic heterocycles. The number of hydrogen-bond acceptors (Lipinski definition) is 2. The number of aromatic nitrogens is 2. The highest BCUT2D eigenvalue weighted by Gasteiger charge is 2.33. The number of nitrogens with one attached hydrogen (secondary N) is 1. The number of rotatable bonds is 5. The van der Waals surface area contributed by atoms with Gasteiger partial charge in [-0.1, -0.05) is 32.4 Å². The summed E-state index contributed by atoms with van der Waals surface area (Å²) in [5.41, 5.74) is 1.68. The molecule has 3 nitrogen and oxygen atoms in total. The maximum atomic E-state index is 6.41. The molecule has 1 heterocycles. The van der Waals surface area contributed by atoms with Gasteiger partial charge in [0.15, 0.2) is 0 Å². The quantitative estimate of drug-likeness (QED) is 0.871. The standard InChI is InChI=1S/C16H28ClN3/c1-5-10-20-15(13(17)11-19-20)14(18-4)12-6-8-16(2,3)9-7-12/h11-12,14,18H,5-10H2,1-4H3. The van der Waals surface area contributed by atoms with Crippen LogP contribution in [-0.2, 0) is 6.54 Å². The zero-order valence-electron chi connectivity index (χ0n) is 13.2. The van der Waals surface area contributed by atoms with E-state index in [2.05, 4.69) is 35.9 Å². The first-order chi connectivity index (χ1) is 9.48. The van der Waals surface area contributed by atoms with Crippen LogP contribution in [0.3, 0.4) is 0 Å². The number of halogens is 1. The van der Waals surface area contributed by atoms with Crippen LogP contribution in [0.5, 0.6) is 0 Å². The SMILES string of the molecule is CCCn1ncc(Cl)c1C(NC)C1CCC(C)(C)CC1. The van der Waals surface area contributed by atoms with Crippen LogP contribution in [0.2, 0.25) is 5.02 Å². The van der Waals surface area contributed by atoms with E-state index in [4.69, 9.17) is 11.6 Å². The molecular weight excluding hydrogens is 270 g/mol. The molecule has 4 heteroatoms. The van der Waals surface area contributed by atoms with Crippen molar-refractivity contribution in [3.05, 3.63) is 16.9 Å². The van der Waals surface area contributed by atoms with Crippen molar-refractivity contribution < 1.29 is 0 Å². The van der Waals surface area contributed by atoms with Crippen molar-refractivity contribution in [2.45, 2.75) is 65.5 Å². The second kappa shape index (κ2) is 6.48. The van der Waals surface area contributed by atoms with Gasteiger partial charge in [0, 0.05) is 6.54 Å². The van der Waals surface area contributed by atoms with Crippen molar-refractivity contribution in [1.82, 2.24) is 15.1 Å². The van der Waals surface area contributed by atoms with Gasteiger partial charge in [-0.25, -0.2) is 0 Å². The summed E-state index contributed by atoms with van der Waals surface area (Å²) in [5.74, 6) is 0.665. The van der Waals surface area contributed by atoms with Crippen molar-refractivity contribution in [2.75, 3.05) is 7.05 Å². The van der Waals surface area contributed by atoms with E-state index in [-0.39, 0.29) is 0 Å². The van der Waals surface area contributed by atoms with Crippen molar-refractivity contribution >= 4 is 11.6 Å². The molecule has 1 fully saturated rings. The van der Waals surface area contributed by atoms with Crippen LogP contribution in [0.4, 0.5) is 0 Å². The Morgan fingerprint density at radius 2 is 2.10 bits per heavy atom. The van der Waals surface area contributed by atoms with Crippen LogP contribution in [0, 0.1) is 11.3 Å². The summed E-state index contributed by atoms with van der Waals surface area (Å²) < 4.78 is 2.09. The Hall–Kier alpha value is -0.540. The van der Waals surface area contributed by atoms with Crippen molar-refractivity contribution in [3.63, 3.8) is 0 Å². The predicted molar refractivity (Wildman–Crippen MR) is 85.1 cm³/mol. The first-order valence-electron chi connectivity index (χ1n) is 7.87. The minimum Gasteiger partial charge on any atom is -0.311 e. The van der Waals surface area contributed by atoms with Crippen LogP contribution in [0.25, 0.3) is 0 Å². The Kier molecular flexibility index (Phi) is 5.14. The molecule has 20 heavy (non-hydrogen) atoms. The molecule has 0 saturated heterocycles. The molecule has 0 amide bonds. The third kappa shape index (κ3) is 3.37. The Morgan fingerprint density at radius 1 is 1.45 bits per heavy atom. The van der Waals surface area contributed by atoms with Crippen LogP contribution in [0.1, 0.15) is 64.6 Å². The highest BCUT2D eigenvalue weighted by atomic mass is 35.5. The lowest BCUT2D eigenvalue weighted by atomic mass is 9.70. The fourth-order valence-corrected chi connectivity index (χ4v) is 3.68. The summed E-state index contributed by atoms with van der Waals surface area (Å²) in [4.78, 5) is 0. The highest BCUT2D eigenvalue weighted by Crippen LogP contribution is 2.43. The monoisotopic (exact) mass is 297 g/mol. The van der Waals surface area contributed by atoms with E-state index in [0.717, 1.165) is 18.0 Å². The fourth-order valence-electron chi connectivity index (χ4n) is 3.42. The smallest absolute Gasteiger partial charge is 0.0834 e. The molecule has 2 rings (SSSR count). The maximum absolute atomic E-state index is 6.41. The maximum Gasteiger partial charge on any atom is 0.0834 e. The molecule has 114 valence electrons. The molecule has 1 aliphatic carbocycles. The summed E-state index contributed by atoms with van der Waals surface area (Å²) in [5, 5.41) is 8.75. The van der Waals surface area contributed by atoms with Crippen molar-refractivity contribution in [2.24, 2.45) is 11.3 Å². The fraction of sp³-hybridized carbons (Fsp3) is 0.812. The Balaban J connectivity index is 2.18. The molecule has 1 aromatic heterocycles. The van der Waals surface area contributed by atoms with Gasteiger partial charge >= 0.3 is 0 Å². The third-order valence-electron chi connectivity index (χ3n) is 4.73. The highest BCUT2D eigenvalue weighted by molar-refractivity contribution is 6.31. The second-order valence-electron chi connectivity index (χ2n) is 6.87. The molecule has 1 unspecified atom stereocenters. The van der Waals surface area contributed by atoms with E-state index in [1.165, 1.54) is 31.4 Å². The normalized spacial score (nSPS) is 21.1. The number of aryl methyl sites for hydroxylation is 1. The van der Waals surface area contributed by atoms with Gasteiger partial charge in [0.2, 0.25) is 0 Å². The second-order valence-corrected chi connectivity index (χ2v) is 7.28. The van der Waals surface area contributed by atoms with Crippen molar-refractivity contribution in [3.8, 4) is 0 Å². The molecule has 1 aliphatic rings. The number of hydrogen-bond donors (Lipinski definition) is 1. The predicted octanol–water partition coefficient (Wildman–Crippen LogP) is 4.42. The zero-order valence-corrected chi connectivity index (χ0v) is 14.0. The lowest BCUT2D eigenvalue weighted by Gasteiger charge is -2.38. The van der Waals surface area contributed by atoms with E-state index < -0.39 is 0 Å². The summed E-state index contributed by atoms with van der Waals surface area (Å²) in [6, 6.07) is 0.327. The first kappa shape index (κ1) is 15.8. The average Bonchev–Trinajstić information content (AvgIpc) is 2.75. The van der Waals surface area contributed by atoms with Gasteiger partial charge in [-0.15, -0.1) is 0 Å². The first-order valence-corrected chi connectivity index (χ1v) is 8.25. The topological polar surface area (TPSA) is 29.9 Å². The summed E-state index contributed by atoms with van der Waals surface area (Å²) in [6.45, 7) is 7.88. The van der Waals surface area contributed by atoms with Gasteiger partial charge < -0.3 is 5.32 Å². The van der Waals surface area contributed by atoms with E-state index in [1.54, 1.807) is 6.20 Å². The summed E-state index contributed by atoms with van der Waals surface area (Å²) in [6.07, 6.45) is 8.02. The van der Waals surface area contributed by atoms with Crippen LogP contribution < -0.4 is 5.32 Å². The van der Waals surface area contributed by atoms with Gasteiger partial charge in [0.25, 0.3) is 0 Å². The van der Waals surface area contributed by atoms with E-state index in [0.29, 0.717) is 17.4 Å². The Bertz CT molecular complexity index is 429. The minimum absolute atomic E-state index is 0.327. The minimum atomic E-state index is 0.327. The lowest BCUT2D eigenvalue weighted by molar-refractivity contribution is 0.161. The molecule has 1 aromatic rings. The van der Waals surface area contributed by atoms with Gasteiger partial charge in [0.05, 0.1) is 23.0 Å². The molecule has 0 radical (unpaired) electrons. The van der Waals surface area contributed by atoms with E-state index in [1.807, 2.05) is 7.05 Å². The molecule has 0 aromatic carbocycles. The third-order valence-corrected chi connectivity index (χ3v) is 5.02. The van der Waals surface area contributed by atoms with Gasteiger partial charge in [-0.05, 0) is 50.5 Å². The Labute approximate surface area is 128 Å².